The molecular weight excluding hydrogens is 202 g/mol. The quantitative estimate of drug-likeness (QED) is 0.685. The Morgan fingerprint density at radius 2 is 2.50 bits per heavy atom. The summed E-state index contributed by atoms with van der Waals surface area (Å²) in [6, 6.07) is 0. The van der Waals surface area contributed by atoms with Crippen LogP contribution in [0.3, 0.4) is 0 Å². The average Bonchev–Trinajstić information content (AvgIpc) is 2.30. The summed E-state index contributed by atoms with van der Waals surface area (Å²) in [5.74, 6) is 1.42. The zero-order chi connectivity index (χ0) is 9.80. The van der Waals surface area contributed by atoms with E-state index >= 15 is 0 Å². The Morgan fingerprint density at radius 3 is 3.21 bits per heavy atom. The van der Waals surface area contributed by atoms with Gasteiger partial charge in [-0.3, -0.25) is 4.98 Å². The topological polar surface area (TPSA) is 38.2 Å². The van der Waals surface area contributed by atoms with Crippen molar-refractivity contribution < 1.29 is 4.74 Å². The molecule has 5 heteroatoms. The Morgan fingerprint density at radius 1 is 1.57 bits per heavy atom. The summed E-state index contributed by atoms with van der Waals surface area (Å²) >= 11 is 5.75. The summed E-state index contributed by atoms with van der Waals surface area (Å²) in [7, 11) is 0. The third kappa shape index (κ3) is 2.13. The van der Waals surface area contributed by atoms with Crippen LogP contribution in [0.15, 0.2) is 18.6 Å². The van der Waals surface area contributed by atoms with E-state index in [1.807, 2.05) is 0 Å². The number of halogens is 1. The molecule has 76 valence electrons. The average molecular weight is 214 g/mol. The third-order valence-electron chi connectivity index (χ3n) is 2.18. The van der Waals surface area contributed by atoms with E-state index < -0.39 is 0 Å². The van der Waals surface area contributed by atoms with E-state index in [1.165, 1.54) is 0 Å². The standard InChI is InChI=1S/C9H12ClN3O/c10-5-8-7-13(3-4-14-8)9-6-11-1-2-12-9/h1-2,6,8H,3-5,7H2. The van der Waals surface area contributed by atoms with Gasteiger partial charge in [-0.05, 0) is 0 Å². The lowest BCUT2D eigenvalue weighted by Crippen LogP contribution is -2.43. The van der Waals surface area contributed by atoms with E-state index in [1.54, 1.807) is 18.6 Å². The second kappa shape index (κ2) is 4.57. The lowest BCUT2D eigenvalue weighted by Gasteiger charge is -2.32. The van der Waals surface area contributed by atoms with Gasteiger partial charge in [-0.1, -0.05) is 0 Å². The molecule has 4 nitrogen and oxygen atoms in total. The van der Waals surface area contributed by atoms with Crippen LogP contribution in [0.4, 0.5) is 5.82 Å². The van der Waals surface area contributed by atoms with Crippen molar-refractivity contribution in [2.24, 2.45) is 0 Å². The fourth-order valence-corrected chi connectivity index (χ4v) is 1.66. The zero-order valence-electron chi connectivity index (χ0n) is 7.77. The summed E-state index contributed by atoms with van der Waals surface area (Å²) in [4.78, 5) is 10.4. The minimum atomic E-state index is 0.104. The van der Waals surface area contributed by atoms with Crippen molar-refractivity contribution in [2.75, 3.05) is 30.5 Å². The molecule has 0 bridgehead atoms. The molecule has 2 rings (SSSR count). The molecule has 1 saturated heterocycles. The molecule has 14 heavy (non-hydrogen) atoms. The summed E-state index contributed by atoms with van der Waals surface area (Å²) in [6.07, 6.45) is 5.23. The van der Waals surface area contributed by atoms with Crippen LogP contribution < -0.4 is 4.90 Å². The second-order valence-corrected chi connectivity index (χ2v) is 3.47. The Kier molecular flexibility index (Phi) is 3.16. The molecule has 0 radical (unpaired) electrons. The first-order chi connectivity index (χ1) is 6.90. The number of nitrogens with zero attached hydrogens (tertiary/aromatic N) is 3. The molecule has 0 saturated carbocycles. The number of morpholine rings is 1. The van der Waals surface area contributed by atoms with Crippen molar-refractivity contribution in [3.63, 3.8) is 0 Å². The number of alkyl halides is 1. The predicted molar refractivity (Wildman–Crippen MR) is 54.7 cm³/mol. The van der Waals surface area contributed by atoms with Crippen molar-refractivity contribution in [3.8, 4) is 0 Å². The molecule has 1 aromatic rings. The number of rotatable bonds is 2. The normalized spacial score (nSPS) is 22.4. The highest BCUT2D eigenvalue weighted by molar-refractivity contribution is 6.18. The molecule has 2 heterocycles. The van der Waals surface area contributed by atoms with E-state index in [0.717, 1.165) is 18.9 Å². The molecular formula is C9H12ClN3O. The van der Waals surface area contributed by atoms with E-state index in [0.29, 0.717) is 12.5 Å². The number of hydrogen-bond acceptors (Lipinski definition) is 4. The van der Waals surface area contributed by atoms with Crippen molar-refractivity contribution >= 4 is 17.4 Å². The fourth-order valence-electron chi connectivity index (χ4n) is 1.48. The molecule has 0 amide bonds. The van der Waals surface area contributed by atoms with Crippen LogP contribution in [0.25, 0.3) is 0 Å². The molecule has 0 spiro atoms. The fraction of sp³-hybridized carbons (Fsp3) is 0.556. The highest BCUT2D eigenvalue weighted by Crippen LogP contribution is 2.13. The Hall–Kier alpha value is -0.870. The minimum Gasteiger partial charge on any atom is -0.373 e. The Labute approximate surface area is 87.9 Å². The van der Waals surface area contributed by atoms with Crippen LogP contribution in [0, 0.1) is 0 Å². The van der Waals surface area contributed by atoms with Crippen molar-refractivity contribution in [1.82, 2.24) is 9.97 Å². The maximum Gasteiger partial charge on any atom is 0.147 e. The maximum atomic E-state index is 5.75. The van der Waals surface area contributed by atoms with Gasteiger partial charge in [0.15, 0.2) is 0 Å². The first-order valence-corrected chi connectivity index (χ1v) is 5.12. The number of aromatic nitrogens is 2. The van der Waals surface area contributed by atoms with Gasteiger partial charge < -0.3 is 9.64 Å². The SMILES string of the molecule is ClCC1CN(c2cnccn2)CCO1. The summed E-state index contributed by atoms with van der Waals surface area (Å²) < 4.78 is 5.46. The van der Waals surface area contributed by atoms with Gasteiger partial charge in [0.25, 0.3) is 0 Å². The summed E-state index contributed by atoms with van der Waals surface area (Å²) in [6.45, 7) is 2.35. The van der Waals surface area contributed by atoms with Crippen molar-refractivity contribution in [2.45, 2.75) is 6.10 Å². The van der Waals surface area contributed by atoms with Crippen LogP contribution in [0.1, 0.15) is 0 Å². The van der Waals surface area contributed by atoms with E-state index in [2.05, 4.69) is 14.9 Å². The predicted octanol–water partition coefficient (Wildman–Crippen LogP) is 0.921. The maximum absolute atomic E-state index is 5.75. The molecule has 1 unspecified atom stereocenters. The number of hydrogen-bond donors (Lipinski definition) is 0. The minimum absolute atomic E-state index is 0.104. The summed E-state index contributed by atoms with van der Waals surface area (Å²) in [5.41, 5.74) is 0. The van der Waals surface area contributed by atoms with Crippen LogP contribution in [0.5, 0.6) is 0 Å². The van der Waals surface area contributed by atoms with E-state index in [9.17, 15) is 0 Å². The highest BCUT2D eigenvalue weighted by atomic mass is 35.5. The van der Waals surface area contributed by atoms with Crippen LogP contribution in [0.2, 0.25) is 0 Å². The van der Waals surface area contributed by atoms with Gasteiger partial charge >= 0.3 is 0 Å². The molecule has 0 N–H and O–H groups in total. The van der Waals surface area contributed by atoms with Crippen LogP contribution in [-0.2, 0) is 4.74 Å². The van der Waals surface area contributed by atoms with Gasteiger partial charge in [0, 0.05) is 25.5 Å². The zero-order valence-corrected chi connectivity index (χ0v) is 8.52. The van der Waals surface area contributed by atoms with Gasteiger partial charge in [0.2, 0.25) is 0 Å². The van der Waals surface area contributed by atoms with Crippen molar-refractivity contribution in [1.29, 1.82) is 0 Å². The van der Waals surface area contributed by atoms with Gasteiger partial charge in [-0.25, -0.2) is 4.98 Å². The molecule has 1 aliphatic heterocycles. The molecule has 0 aromatic carbocycles. The molecule has 1 fully saturated rings. The van der Waals surface area contributed by atoms with Crippen molar-refractivity contribution in [3.05, 3.63) is 18.6 Å². The summed E-state index contributed by atoms with van der Waals surface area (Å²) in [5, 5.41) is 0. The third-order valence-corrected chi connectivity index (χ3v) is 2.53. The van der Waals surface area contributed by atoms with Gasteiger partial charge in [-0.15, -0.1) is 11.6 Å². The lowest BCUT2D eigenvalue weighted by atomic mass is 10.3. The van der Waals surface area contributed by atoms with E-state index in [4.69, 9.17) is 16.3 Å². The highest BCUT2D eigenvalue weighted by Gasteiger charge is 2.20. The van der Waals surface area contributed by atoms with E-state index in [-0.39, 0.29) is 6.10 Å². The Bertz CT molecular complexity index is 283. The largest absolute Gasteiger partial charge is 0.373 e. The first-order valence-electron chi connectivity index (χ1n) is 4.58. The monoisotopic (exact) mass is 213 g/mol. The number of anilines is 1. The lowest BCUT2D eigenvalue weighted by molar-refractivity contribution is 0.0551. The first kappa shape index (κ1) is 9.68. The second-order valence-electron chi connectivity index (χ2n) is 3.16. The molecule has 0 aliphatic carbocycles. The molecule has 1 aromatic heterocycles. The van der Waals surface area contributed by atoms with Gasteiger partial charge in [0.1, 0.15) is 5.82 Å². The Balaban J connectivity index is 2.04. The smallest absolute Gasteiger partial charge is 0.147 e. The van der Waals surface area contributed by atoms with Gasteiger partial charge in [-0.2, -0.15) is 0 Å². The van der Waals surface area contributed by atoms with Gasteiger partial charge in [0.05, 0.1) is 24.8 Å². The number of ether oxygens (including phenoxy) is 1. The molecule has 1 atom stereocenters. The molecule has 1 aliphatic rings. The van der Waals surface area contributed by atoms with Crippen LogP contribution in [-0.4, -0.2) is 41.6 Å². The van der Waals surface area contributed by atoms with Crippen LogP contribution >= 0.6 is 11.6 Å².